The van der Waals surface area contributed by atoms with Crippen LogP contribution in [0.1, 0.15) is 35.5 Å². The van der Waals surface area contributed by atoms with Gasteiger partial charge in [0.2, 0.25) is 0 Å². The van der Waals surface area contributed by atoms with E-state index in [9.17, 15) is 4.79 Å². The number of esters is 1. The van der Waals surface area contributed by atoms with E-state index in [0.29, 0.717) is 18.6 Å². The van der Waals surface area contributed by atoms with E-state index in [1.54, 1.807) is 19.1 Å². The Balaban J connectivity index is 2.11. The minimum atomic E-state index is -0.663. The van der Waals surface area contributed by atoms with Gasteiger partial charge in [0, 0.05) is 23.1 Å². The fraction of sp³-hybridized carbons (Fsp3) is 0.412. The van der Waals surface area contributed by atoms with Crippen LogP contribution in [0.25, 0.3) is 10.9 Å². The van der Waals surface area contributed by atoms with Gasteiger partial charge < -0.3 is 9.47 Å². The Morgan fingerprint density at radius 2 is 2.30 bits per heavy atom. The van der Waals surface area contributed by atoms with Crippen molar-refractivity contribution in [2.45, 2.75) is 37.1 Å². The van der Waals surface area contributed by atoms with Crippen molar-refractivity contribution in [1.29, 1.82) is 0 Å². The molecule has 1 aromatic carbocycles. The summed E-state index contributed by atoms with van der Waals surface area (Å²) in [7, 11) is 0. The Bertz CT molecular complexity index is 785. The van der Waals surface area contributed by atoms with Gasteiger partial charge in [-0.1, -0.05) is 15.9 Å². The monoisotopic (exact) mass is 397 g/mol. The second-order valence-corrected chi connectivity index (χ2v) is 8.61. The predicted octanol–water partition coefficient (Wildman–Crippen LogP) is 4.37. The number of hydrogen-bond acceptors (Lipinski definition) is 4. The van der Waals surface area contributed by atoms with Crippen LogP contribution in [0.2, 0.25) is 0 Å². The summed E-state index contributed by atoms with van der Waals surface area (Å²) in [5.74, 6) is 0.413. The quantitative estimate of drug-likeness (QED) is 0.569. The molecule has 1 aromatic heterocycles. The molecule has 0 N–H and O–H groups in total. The Morgan fingerprint density at radius 3 is 2.96 bits per heavy atom. The molecule has 122 valence electrons. The number of rotatable bonds is 3. The van der Waals surface area contributed by atoms with E-state index < -0.39 is 3.78 Å². The Morgan fingerprint density at radius 1 is 1.57 bits per heavy atom. The molecule has 4 nitrogen and oxygen atoms in total. The van der Waals surface area contributed by atoms with Crippen LogP contribution in [0.4, 0.5) is 0 Å². The summed E-state index contributed by atoms with van der Waals surface area (Å²) in [6.07, 6.45) is 0.482. The van der Waals surface area contributed by atoms with Crippen LogP contribution < -0.4 is 4.74 Å². The lowest BCUT2D eigenvalue weighted by Gasteiger charge is -2.21. The van der Waals surface area contributed by atoms with Gasteiger partial charge in [-0.05, 0) is 39.0 Å². The highest BCUT2D eigenvalue weighted by atomic mass is 79.9. The molecule has 1 aliphatic rings. The van der Waals surface area contributed by atoms with Gasteiger partial charge >= 0.3 is 5.97 Å². The van der Waals surface area contributed by atoms with Crippen molar-refractivity contribution in [2.75, 3.05) is 6.61 Å². The average molecular weight is 399 g/mol. The Labute approximate surface area is 148 Å². The van der Waals surface area contributed by atoms with Crippen molar-refractivity contribution >= 4 is 44.4 Å². The molecule has 6 heteroatoms. The lowest BCUT2D eigenvalue weighted by Crippen LogP contribution is -2.31. The smallest absolute Gasteiger partial charge is 0.338 e. The van der Waals surface area contributed by atoms with E-state index in [1.807, 2.05) is 19.9 Å². The first-order chi connectivity index (χ1) is 10.8. The molecule has 0 saturated heterocycles. The van der Waals surface area contributed by atoms with Crippen molar-refractivity contribution < 1.29 is 14.3 Å². The Kier molecular flexibility index (Phi) is 4.27. The fourth-order valence-corrected chi connectivity index (χ4v) is 3.14. The first-order valence-electron chi connectivity index (χ1n) is 7.46. The molecule has 23 heavy (non-hydrogen) atoms. The van der Waals surface area contributed by atoms with Gasteiger partial charge in [0.25, 0.3) is 0 Å². The van der Waals surface area contributed by atoms with Crippen LogP contribution in [0.15, 0.2) is 18.2 Å². The van der Waals surface area contributed by atoms with Gasteiger partial charge in [0.1, 0.15) is 15.6 Å². The molecular weight excluding hydrogens is 382 g/mol. The van der Waals surface area contributed by atoms with Gasteiger partial charge in [-0.2, -0.15) is 0 Å². The van der Waals surface area contributed by atoms with E-state index in [-0.39, 0.29) is 12.1 Å². The Hall–Kier alpha value is -1.33. The summed E-state index contributed by atoms with van der Waals surface area (Å²) in [6.45, 7) is 5.95. The average Bonchev–Trinajstić information content (AvgIpc) is 2.93. The lowest BCUT2D eigenvalue weighted by molar-refractivity contribution is 0.0526. The minimum Gasteiger partial charge on any atom is -0.486 e. The predicted molar refractivity (Wildman–Crippen MR) is 93.7 cm³/mol. The van der Waals surface area contributed by atoms with Crippen LogP contribution >= 0.6 is 27.5 Å². The van der Waals surface area contributed by atoms with Crippen LogP contribution in [0.3, 0.4) is 0 Å². The third-order valence-corrected chi connectivity index (χ3v) is 4.72. The number of alkyl halides is 2. The number of ether oxygens (including phenoxy) is 2. The molecule has 3 rings (SSSR count). The van der Waals surface area contributed by atoms with Crippen LogP contribution in [-0.4, -0.2) is 27.4 Å². The summed E-state index contributed by atoms with van der Waals surface area (Å²) in [6, 6.07) is 5.32. The molecular formula is C17H17BrClNO3. The largest absolute Gasteiger partial charge is 0.486 e. The number of aromatic nitrogens is 1. The van der Waals surface area contributed by atoms with Gasteiger partial charge in [-0.3, -0.25) is 4.98 Å². The minimum absolute atomic E-state index is 0.198. The molecule has 0 unspecified atom stereocenters. The van der Waals surface area contributed by atoms with Gasteiger partial charge in [0.15, 0.2) is 0 Å². The fourth-order valence-electron chi connectivity index (χ4n) is 2.76. The summed E-state index contributed by atoms with van der Waals surface area (Å²) >= 11 is 9.81. The highest BCUT2D eigenvalue weighted by Gasteiger charge is 2.38. The van der Waals surface area contributed by atoms with Gasteiger partial charge in [-0.25, -0.2) is 4.79 Å². The topological polar surface area (TPSA) is 48.4 Å². The van der Waals surface area contributed by atoms with E-state index in [4.69, 9.17) is 21.1 Å². The van der Waals surface area contributed by atoms with E-state index in [2.05, 4.69) is 20.9 Å². The number of nitrogens with zero attached hydrogens (tertiary/aromatic N) is 1. The van der Waals surface area contributed by atoms with Gasteiger partial charge in [0.05, 0.1) is 17.7 Å². The SMILES string of the molecule is CCOC(=O)c1ccc2nc(C)c3c(c2c1)O[C@@H]([C@](C)(Cl)Br)C3. The van der Waals surface area contributed by atoms with Crippen molar-refractivity contribution in [3.63, 3.8) is 0 Å². The summed E-state index contributed by atoms with van der Waals surface area (Å²) in [5, 5.41) is 0.812. The zero-order valence-electron chi connectivity index (χ0n) is 13.2. The molecule has 2 aromatic rings. The highest BCUT2D eigenvalue weighted by molar-refractivity contribution is 9.10. The van der Waals surface area contributed by atoms with E-state index >= 15 is 0 Å². The summed E-state index contributed by atoms with van der Waals surface area (Å²) in [5.41, 5.74) is 3.25. The van der Waals surface area contributed by atoms with Crippen LogP contribution in [-0.2, 0) is 11.2 Å². The molecule has 0 amide bonds. The van der Waals surface area contributed by atoms with E-state index in [1.165, 1.54) is 0 Å². The standard InChI is InChI=1S/C17H17BrClNO3/c1-4-22-16(21)10-5-6-13-12(7-10)15-11(9(2)20-13)8-14(23-15)17(3,18)19/h5-7,14H,4,8H2,1-3H3/t14-,17+/m1/s1. The second kappa shape index (κ2) is 5.95. The van der Waals surface area contributed by atoms with Crippen molar-refractivity contribution in [3.05, 3.63) is 35.0 Å². The molecule has 0 aliphatic carbocycles. The lowest BCUT2D eigenvalue weighted by atomic mass is 10.0. The highest BCUT2D eigenvalue weighted by Crippen LogP contribution is 2.43. The molecule has 0 fully saturated rings. The number of carbonyl (C=O) groups excluding carboxylic acids is 1. The van der Waals surface area contributed by atoms with E-state index in [0.717, 1.165) is 27.9 Å². The summed E-state index contributed by atoms with van der Waals surface area (Å²) in [4.78, 5) is 16.6. The van der Waals surface area contributed by atoms with Crippen molar-refractivity contribution in [1.82, 2.24) is 4.98 Å². The maximum Gasteiger partial charge on any atom is 0.338 e. The first kappa shape index (κ1) is 16.5. The zero-order valence-corrected chi connectivity index (χ0v) is 15.5. The van der Waals surface area contributed by atoms with Crippen LogP contribution in [0, 0.1) is 6.92 Å². The first-order valence-corrected chi connectivity index (χ1v) is 8.63. The molecule has 2 heterocycles. The molecule has 1 aliphatic heterocycles. The number of aryl methyl sites for hydroxylation is 1. The zero-order chi connectivity index (χ0) is 16.8. The maximum atomic E-state index is 12.0. The number of halogens is 2. The molecule has 2 atom stereocenters. The number of fused-ring (bicyclic) bond motifs is 3. The second-order valence-electron chi connectivity index (χ2n) is 5.72. The number of benzene rings is 1. The van der Waals surface area contributed by atoms with Gasteiger partial charge in [-0.15, -0.1) is 11.6 Å². The number of pyridine rings is 1. The normalized spacial score (nSPS) is 19.1. The maximum absolute atomic E-state index is 12.0. The van der Waals surface area contributed by atoms with Crippen molar-refractivity contribution in [2.24, 2.45) is 0 Å². The molecule has 0 radical (unpaired) electrons. The summed E-state index contributed by atoms with van der Waals surface area (Å²) < 4.78 is 10.5. The van der Waals surface area contributed by atoms with Crippen molar-refractivity contribution in [3.8, 4) is 5.75 Å². The molecule has 0 saturated carbocycles. The molecule has 0 spiro atoms. The van der Waals surface area contributed by atoms with Crippen LogP contribution in [0.5, 0.6) is 5.75 Å². The third-order valence-electron chi connectivity index (χ3n) is 3.97. The third kappa shape index (κ3) is 3.04. The number of carbonyl (C=O) groups is 1. The molecule has 0 bridgehead atoms. The number of hydrogen-bond donors (Lipinski definition) is 0.